The number of imidazole rings is 1. The maximum Gasteiger partial charge on any atom is 0.416 e. The lowest BCUT2D eigenvalue weighted by Gasteiger charge is -2.16. The smallest absolute Gasteiger partial charge is 0.416 e. The van der Waals surface area contributed by atoms with Gasteiger partial charge in [0.15, 0.2) is 0 Å². The molecule has 4 heterocycles. The standard InChI is InChI=1S/C29H26F3N5O2/c1-17-8-10-33-24(15-37-11-9-20(13-26(37)38)29(30,31)32)23(17)16-39-25-7-5-6-21-22(12-18(2)35-27(21)25)28-34-14-19(3)36(28)4/h5-14H,15-16H2,1-4H3. The molecule has 0 bridgehead atoms. The van der Waals surface area contributed by atoms with E-state index in [1.165, 1.54) is 4.57 Å². The van der Waals surface area contributed by atoms with Crippen LogP contribution in [0.15, 0.2) is 65.8 Å². The number of benzene rings is 1. The molecule has 0 aliphatic rings. The lowest BCUT2D eigenvalue weighted by atomic mass is 10.1. The van der Waals surface area contributed by atoms with Gasteiger partial charge in [0.2, 0.25) is 0 Å². The van der Waals surface area contributed by atoms with E-state index in [4.69, 9.17) is 9.72 Å². The average molecular weight is 534 g/mol. The van der Waals surface area contributed by atoms with Gasteiger partial charge >= 0.3 is 6.18 Å². The molecule has 0 saturated carbocycles. The van der Waals surface area contributed by atoms with Crippen molar-refractivity contribution >= 4 is 10.9 Å². The fourth-order valence-electron chi connectivity index (χ4n) is 4.50. The number of nitrogens with zero attached hydrogens (tertiary/aromatic N) is 5. The van der Waals surface area contributed by atoms with Gasteiger partial charge in [0.1, 0.15) is 23.7 Å². The molecule has 39 heavy (non-hydrogen) atoms. The van der Waals surface area contributed by atoms with Crippen LogP contribution >= 0.6 is 0 Å². The van der Waals surface area contributed by atoms with Crippen molar-refractivity contribution < 1.29 is 17.9 Å². The van der Waals surface area contributed by atoms with Crippen LogP contribution < -0.4 is 10.3 Å². The minimum Gasteiger partial charge on any atom is -0.487 e. The lowest BCUT2D eigenvalue weighted by molar-refractivity contribution is -0.137. The minimum atomic E-state index is -4.58. The first-order valence-electron chi connectivity index (χ1n) is 12.3. The van der Waals surface area contributed by atoms with Crippen LogP contribution in [-0.4, -0.2) is 24.1 Å². The van der Waals surface area contributed by atoms with E-state index in [0.29, 0.717) is 23.0 Å². The van der Waals surface area contributed by atoms with E-state index in [1.54, 1.807) is 6.20 Å². The molecule has 0 unspecified atom stereocenters. The highest BCUT2D eigenvalue weighted by molar-refractivity contribution is 5.96. The highest BCUT2D eigenvalue weighted by Crippen LogP contribution is 2.33. The maximum atomic E-state index is 13.0. The van der Waals surface area contributed by atoms with Gasteiger partial charge in [0, 0.05) is 59.6 Å². The minimum absolute atomic E-state index is 0.00684. The Labute approximate surface area is 222 Å². The molecule has 0 fully saturated rings. The Morgan fingerprint density at radius 3 is 2.51 bits per heavy atom. The molecule has 0 N–H and O–H groups in total. The molecule has 0 saturated heterocycles. The van der Waals surface area contributed by atoms with Gasteiger partial charge in [0.05, 0.1) is 17.8 Å². The summed E-state index contributed by atoms with van der Waals surface area (Å²) in [4.78, 5) is 26.2. The third-order valence-corrected chi connectivity index (χ3v) is 6.79. The lowest BCUT2D eigenvalue weighted by Crippen LogP contribution is -2.23. The van der Waals surface area contributed by atoms with Gasteiger partial charge in [-0.3, -0.25) is 9.78 Å². The van der Waals surface area contributed by atoms with Gasteiger partial charge in [-0.2, -0.15) is 13.2 Å². The highest BCUT2D eigenvalue weighted by atomic mass is 19.4. The second-order valence-electron chi connectivity index (χ2n) is 9.47. The summed E-state index contributed by atoms with van der Waals surface area (Å²) in [6, 6.07) is 11.0. The molecule has 0 amide bonds. The van der Waals surface area contributed by atoms with E-state index >= 15 is 0 Å². The Morgan fingerprint density at radius 2 is 1.82 bits per heavy atom. The number of ether oxygens (including phenoxy) is 1. The molecule has 5 rings (SSSR count). The zero-order valence-electron chi connectivity index (χ0n) is 21.9. The number of aromatic nitrogens is 5. The second kappa shape index (κ2) is 10.0. The van der Waals surface area contributed by atoms with E-state index in [2.05, 4.69) is 9.97 Å². The number of pyridine rings is 3. The van der Waals surface area contributed by atoms with Crippen molar-refractivity contribution in [3.05, 3.63) is 105 Å². The van der Waals surface area contributed by atoms with Crippen LogP contribution in [0.3, 0.4) is 0 Å². The zero-order chi connectivity index (χ0) is 27.9. The predicted octanol–water partition coefficient (Wildman–Crippen LogP) is 5.76. The summed E-state index contributed by atoms with van der Waals surface area (Å²) in [6.45, 7) is 5.95. The molecule has 7 nitrogen and oxygen atoms in total. The Hall–Kier alpha value is -4.47. The van der Waals surface area contributed by atoms with Crippen LogP contribution in [0.1, 0.15) is 33.8 Å². The first kappa shape index (κ1) is 26.1. The van der Waals surface area contributed by atoms with Gasteiger partial charge in [0.25, 0.3) is 5.56 Å². The fraction of sp³-hybridized carbons (Fsp3) is 0.241. The number of alkyl halides is 3. The summed E-state index contributed by atoms with van der Waals surface area (Å²) < 4.78 is 48.5. The highest BCUT2D eigenvalue weighted by Gasteiger charge is 2.31. The number of hydrogen-bond acceptors (Lipinski definition) is 5. The van der Waals surface area contributed by atoms with Crippen LogP contribution in [0.25, 0.3) is 22.3 Å². The van der Waals surface area contributed by atoms with E-state index in [9.17, 15) is 18.0 Å². The molecule has 5 aromatic rings. The van der Waals surface area contributed by atoms with Crippen molar-refractivity contribution in [1.82, 2.24) is 24.1 Å². The zero-order valence-corrected chi connectivity index (χ0v) is 21.9. The molecule has 0 atom stereocenters. The monoisotopic (exact) mass is 533 g/mol. The fourth-order valence-corrected chi connectivity index (χ4v) is 4.50. The quantitative estimate of drug-likeness (QED) is 0.277. The molecule has 200 valence electrons. The van der Waals surface area contributed by atoms with Crippen molar-refractivity contribution in [2.45, 2.75) is 40.1 Å². The summed E-state index contributed by atoms with van der Waals surface area (Å²) in [5.41, 5.74) is 3.90. The van der Waals surface area contributed by atoms with Crippen LogP contribution in [0.2, 0.25) is 0 Å². The molecule has 1 aromatic carbocycles. The van der Waals surface area contributed by atoms with Gasteiger partial charge in [-0.25, -0.2) is 9.97 Å². The first-order valence-corrected chi connectivity index (χ1v) is 12.3. The van der Waals surface area contributed by atoms with Crippen molar-refractivity contribution in [2.75, 3.05) is 0 Å². The number of rotatable bonds is 6. The van der Waals surface area contributed by atoms with Gasteiger partial charge in [-0.05, 0) is 50.6 Å². The maximum absolute atomic E-state index is 13.0. The molecular formula is C29H26F3N5O2. The normalized spacial score (nSPS) is 11.8. The van der Waals surface area contributed by atoms with Crippen LogP contribution in [-0.2, 0) is 26.4 Å². The van der Waals surface area contributed by atoms with Crippen LogP contribution in [0.4, 0.5) is 13.2 Å². The van der Waals surface area contributed by atoms with Crippen LogP contribution in [0, 0.1) is 20.8 Å². The van der Waals surface area contributed by atoms with Gasteiger partial charge in [-0.1, -0.05) is 12.1 Å². The van der Waals surface area contributed by atoms with E-state index < -0.39 is 17.3 Å². The molecule has 0 aliphatic carbocycles. The van der Waals surface area contributed by atoms with Crippen molar-refractivity contribution in [3.8, 4) is 17.1 Å². The Kier molecular flexibility index (Phi) is 6.71. The summed E-state index contributed by atoms with van der Waals surface area (Å²) in [5.74, 6) is 1.40. The summed E-state index contributed by atoms with van der Waals surface area (Å²) in [5, 5.41) is 0.895. The largest absolute Gasteiger partial charge is 0.487 e. The Morgan fingerprint density at radius 1 is 1.03 bits per heavy atom. The third kappa shape index (κ3) is 5.14. The van der Waals surface area contributed by atoms with E-state index in [1.807, 2.05) is 68.9 Å². The molecule has 0 spiro atoms. The predicted molar refractivity (Wildman–Crippen MR) is 142 cm³/mol. The van der Waals surface area contributed by atoms with Crippen molar-refractivity contribution in [1.29, 1.82) is 0 Å². The molecule has 10 heteroatoms. The summed E-state index contributed by atoms with van der Waals surface area (Å²) >= 11 is 0. The van der Waals surface area contributed by atoms with Crippen molar-refractivity contribution in [2.24, 2.45) is 7.05 Å². The number of para-hydroxylation sites is 1. The molecule has 0 radical (unpaired) electrons. The van der Waals surface area contributed by atoms with E-state index in [-0.39, 0.29) is 13.2 Å². The summed E-state index contributed by atoms with van der Waals surface area (Å²) in [7, 11) is 1.97. The average Bonchev–Trinajstić information content (AvgIpc) is 3.21. The molecular weight excluding hydrogens is 507 g/mol. The number of fused-ring (bicyclic) bond motifs is 1. The number of halogens is 3. The van der Waals surface area contributed by atoms with Gasteiger partial charge in [-0.15, -0.1) is 0 Å². The number of aryl methyl sites for hydroxylation is 3. The second-order valence-corrected chi connectivity index (χ2v) is 9.47. The molecule has 0 aliphatic heterocycles. The Bertz CT molecular complexity index is 1750. The third-order valence-electron chi connectivity index (χ3n) is 6.79. The first-order chi connectivity index (χ1) is 18.5. The van der Waals surface area contributed by atoms with Crippen molar-refractivity contribution in [3.63, 3.8) is 0 Å². The van der Waals surface area contributed by atoms with Gasteiger partial charge < -0.3 is 13.9 Å². The van der Waals surface area contributed by atoms with E-state index in [0.717, 1.165) is 51.6 Å². The topological polar surface area (TPSA) is 74.8 Å². The number of hydrogen-bond donors (Lipinski definition) is 0. The summed E-state index contributed by atoms with van der Waals surface area (Å²) in [6.07, 6.45) is -0.0179. The van der Waals surface area contributed by atoms with Crippen LogP contribution in [0.5, 0.6) is 5.75 Å². The SMILES string of the molecule is Cc1cc(-c2ncc(C)n2C)c2cccc(OCc3c(C)ccnc3Cn3ccc(C(F)(F)F)cc3=O)c2n1. The molecule has 4 aromatic heterocycles. The Balaban J connectivity index is 1.48.